The van der Waals surface area contributed by atoms with Crippen LogP contribution in [0.15, 0.2) is 46.9 Å². The highest BCUT2D eigenvalue weighted by Gasteiger charge is 2.12. The third kappa shape index (κ3) is 3.94. The summed E-state index contributed by atoms with van der Waals surface area (Å²) in [4.78, 5) is 14.8. The third-order valence-corrected chi connectivity index (χ3v) is 5.16. The molecule has 1 amide bonds. The van der Waals surface area contributed by atoms with Crippen molar-refractivity contribution in [2.75, 3.05) is 23.3 Å². The normalized spacial score (nSPS) is 14.6. The topological polar surface area (TPSA) is 32.3 Å². The maximum atomic E-state index is 12.4. The maximum Gasteiger partial charge on any atom is 0.255 e. The highest BCUT2D eigenvalue weighted by molar-refractivity contribution is 9.10. The Bertz CT molecular complexity index is 691. The number of carbonyl (C=O) groups is 1. The number of hydrogen-bond donors (Lipinski definition) is 1. The second-order valence-corrected chi connectivity index (χ2v) is 6.87. The number of benzene rings is 2. The van der Waals surface area contributed by atoms with E-state index in [4.69, 9.17) is 0 Å². The zero-order chi connectivity index (χ0) is 16.2. The van der Waals surface area contributed by atoms with Crippen molar-refractivity contribution < 1.29 is 4.79 Å². The lowest BCUT2D eigenvalue weighted by atomic mass is 10.1. The Labute approximate surface area is 145 Å². The molecule has 4 heteroatoms. The van der Waals surface area contributed by atoms with E-state index in [1.165, 1.54) is 24.9 Å². The van der Waals surface area contributed by atoms with Gasteiger partial charge in [0.05, 0.1) is 0 Å². The molecule has 0 aliphatic carbocycles. The molecule has 0 unspecified atom stereocenters. The van der Waals surface area contributed by atoms with Crippen molar-refractivity contribution in [2.24, 2.45) is 0 Å². The first-order valence-electron chi connectivity index (χ1n) is 8.06. The van der Waals surface area contributed by atoms with Crippen molar-refractivity contribution in [3.05, 3.63) is 58.1 Å². The van der Waals surface area contributed by atoms with Crippen LogP contribution in [0, 0.1) is 6.92 Å². The molecule has 0 bridgehead atoms. The first kappa shape index (κ1) is 16.1. The van der Waals surface area contributed by atoms with Crippen LogP contribution in [0.2, 0.25) is 0 Å². The molecule has 0 aromatic heterocycles. The van der Waals surface area contributed by atoms with Gasteiger partial charge in [-0.2, -0.15) is 0 Å². The highest BCUT2D eigenvalue weighted by atomic mass is 79.9. The summed E-state index contributed by atoms with van der Waals surface area (Å²) < 4.78 is 1.04. The summed E-state index contributed by atoms with van der Waals surface area (Å²) in [6.45, 7) is 4.24. The quantitative estimate of drug-likeness (QED) is 0.821. The van der Waals surface area contributed by atoms with Gasteiger partial charge in [0.1, 0.15) is 0 Å². The lowest BCUT2D eigenvalue weighted by Gasteiger charge is -2.28. The molecule has 0 radical (unpaired) electrons. The van der Waals surface area contributed by atoms with E-state index in [1.807, 2.05) is 49.4 Å². The minimum atomic E-state index is -0.0723. The van der Waals surface area contributed by atoms with E-state index in [0.29, 0.717) is 5.56 Å². The van der Waals surface area contributed by atoms with Crippen LogP contribution in [-0.2, 0) is 0 Å². The molecule has 0 atom stereocenters. The molecule has 3 rings (SSSR count). The van der Waals surface area contributed by atoms with Crippen LogP contribution >= 0.6 is 15.9 Å². The zero-order valence-corrected chi connectivity index (χ0v) is 14.9. The Hall–Kier alpha value is -1.81. The molecular formula is C19H21BrN2O. The molecule has 1 fully saturated rings. The highest BCUT2D eigenvalue weighted by Crippen LogP contribution is 2.22. The SMILES string of the molecule is Cc1cc(NC(=O)c2ccc(N3CCCCC3)cc2)ccc1Br. The first-order valence-corrected chi connectivity index (χ1v) is 8.85. The van der Waals surface area contributed by atoms with E-state index in [2.05, 4.69) is 26.1 Å². The average molecular weight is 373 g/mol. The fraction of sp³-hybridized carbons (Fsp3) is 0.316. The predicted molar refractivity (Wildman–Crippen MR) is 99.3 cm³/mol. The van der Waals surface area contributed by atoms with Gasteiger partial charge in [-0.1, -0.05) is 15.9 Å². The Kier molecular flexibility index (Phi) is 5.01. The van der Waals surface area contributed by atoms with Gasteiger partial charge in [0.2, 0.25) is 0 Å². The summed E-state index contributed by atoms with van der Waals surface area (Å²) in [5.74, 6) is -0.0723. The summed E-state index contributed by atoms with van der Waals surface area (Å²) in [5.41, 5.74) is 3.81. The molecular weight excluding hydrogens is 352 g/mol. The van der Waals surface area contributed by atoms with Crippen LogP contribution in [0.25, 0.3) is 0 Å². The minimum Gasteiger partial charge on any atom is -0.372 e. The maximum absolute atomic E-state index is 12.4. The Morgan fingerprint density at radius 3 is 2.39 bits per heavy atom. The molecule has 1 saturated heterocycles. The summed E-state index contributed by atoms with van der Waals surface area (Å²) in [6.07, 6.45) is 3.83. The molecule has 120 valence electrons. The second-order valence-electron chi connectivity index (χ2n) is 6.01. The average Bonchev–Trinajstić information content (AvgIpc) is 2.59. The van der Waals surface area contributed by atoms with Gasteiger partial charge in [-0.05, 0) is 74.2 Å². The smallest absolute Gasteiger partial charge is 0.255 e. The van der Waals surface area contributed by atoms with E-state index < -0.39 is 0 Å². The monoisotopic (exact) mass is 372 g/mol. The number of amides is 1. The Morgan fingerprint density at radius 1 is 1.04 bits per heavy atom. The minimum absolute atomic E-state index is 0.0723. The Morgan fingerprint density at radius 2 is 1.74 bits per heavy atom. The third-order valence-electron chi connectivity index (χ3n) is 4.27. The zero-order valence-electron chi connectivity index (χ0n) is 13.3. The van der Waals surface area contributed by atoms with Crippen LogP contribution < -0.4 is 10.2 Å². The van der Waals surface area contributed by atoms with Crippen molar-refractivity contribution in [1.82, 2.24) is 0 Å². The number of nitrogens with one attached hydrogen (secondary N) is 1. The number of carbonyl (C=O) groups excluding carboxylic acids is 1. The van der Waals surface area contributed by atoms with Gasteiger partial charge in [-0.15, -0.1) is 0 Å². The molecule has 1 aliphatic rings. The molecule has 2 aromatic rings. The van der Waals surface area contributed by atoms with Gasteiger partial charge in [0.25, 0.3) is 5.91 Å². The standard InChI is InChI=1S/C19H21BrN2O/c1-14-13-16(7-10-18(14)20)21-19(23)15-5-8-17(9-6-15)22-11-3-2-4-12-22/h5-10,13H,2-4,11-12H2,1H3,(H,21,23). The van der Waals surface area contributed by atoms with Crippen LogP contribution in [0.3, 0.4) is 0 Å². The number of piperidine rings is 1. The van der Waals surface area contributed by atoms with Crippen LogP contribution in [0.5, 0.6) is 0 Å². The molecule has 3 nitrogen and oxygen atoms in total. The summed E-state index contributed by atoms with van der Waals surface area (Å²) in [7, 11) is 0. The molecule has 0 spiro atoms. The van der Waals surface area contributed by atoms with Crippen molar-refractivity contribution in [1.29, 1.82) is 0 Å². The number of halogens is 1. The van der Waals surface area contributed by atoms with Crippen molar-refractivity contribution in [2.45, 2.75) is 26.2 Å². The van der Waals surface area contributed by atoms with Crippen LogP contribution in [-0.4, -0.2) is 19.0 Å². The van der Waals surface area contributed by atoms with Crippen LogP contribution in [0.4, 0.5) is 11.4 Å². The molecule has 1 heterocycles. The van der Waals surface area contributed by atoms with Gasteiger partial charge in [0, 0.05) is 34.5 Å². The molecule has 2 aromatic carbocycles. The van der Waals surface area contributed by atoms with Crippen molar-refractivity contribution in [3.63, 3.8) is 0 Å². The van der Waals surface area contributed by atoms with E-state index in [0.717, 1.165) is 28.8 Å². The lowest BCUT2D eigenvalue weighted by molar-refractivity contribution is 0.102. The molecule has 1 aliphatic heterocycles. The van der Waals surface area contributed by atoms with Gasteiger partial charge in [-0.3, -0.25) is 4.79 Å². The van der Waals surface area contributed by atoms with Crippen molar-refractivity contribution >= 4 is 33.2 Å². The lowest BCUT2D eigenvalue weighted by Crippen LogP contribution is -2.29. The number of rotatable bonds is 3. The summed E-state index contributed by atoms with van der Waals surface area (Å²) in [5, 5.41) is 2.95. The van der Waals surface area contributed by atoms with Crippen LogP contribution in [0.1, 0.15) is 35.2 Å². The number of aryl methyl sites for hydroxylation is 1. The van der Waals surface area contributed by atoms with E-state index in [-0.39, 0.29) is 5.91 Å². The fourth-order valence-corrected chi connectivity index (χ4v) is 3.15. The Balaban J connectivity index is 1.68. The van der Waals surface area contributed by atoms with E-state index in [1.54, 1.807) is 0 Å². The molecule has 1 N–H and O–H groups in total. The van der Waals surface area contributed by atoms with Gasteiger partial charge >= 0.3 is 0 Å². The first-order chi connectivity index (χ1) is 11.1. The molecule has 0 saturated carbocycles. The second kappa shape index (κ2) is 7.18. The molecule has 23 heavy (non-hydrogen) atoms. The number of nitrogens with zero attached hydrogens (tertiary/aromatic N) is 1. The summed E-state index contributed by atoms with van der Waals surface area (Å²) in [6, 6.07) is 13.7. The van der Waals surface area contributed by atoms with Gasteiger partial charge in [0.15, 0.2) is 0 Å². The number of hydrogen-bond acceptors (Lipinski definition) is 2. The van der Waals surface area contributed by atoms with Crippen molar-refractivity contribution in [3.8, 4) is 0 Å². The largest absolute Gasteiger partial charge is 0.372 e. The summed E-state index contributed by atoms with van der Waals surface area (Å²) >= 11 is 3.47. The van der Waals surface area contributed by atoms with E-state index in [9.17, 15) is 4.79 Å². The van der Waals surface area contributed by atoms with Gasteiger partial charge in [-0.25, -0.2) is 0 Å². The van der Waals surface area contributed by atoms with E-state index >= 15 is 0 Å². The number of anilines is 2. The fourth-order valence-electron chi connectivity index (χ4n) is 2.90. The van der Waals surface area contributed by atoms with Gasteiger partial charge < -0.3 is 10.2 Å². The predicted octanol–water partition coefficient (Wildman–Crippen LogP) is 5.00.